The van der Waals surface area contributed by atoms with Gasteiger partial charge < -0.3 is 15.3 Å². The molecule has 4 saturated carbocycles. The second-order valence-corrected chi connectivity index (χ2v) is 11.6. The van der Waals surface area contributed by atoms with Crippen LogP contribution in [0.5, 0.6) is 0 Å². The highest BCUT2D eigenvalue weighted by atomic mass is 16.5. The molecule has 5 aliphatic rings. The van der Waals surface area contributed by atoms with Gasteiger partial charge in [-0.3, -0.25) is 24.4 Å². The summed E-state index contributed by atoms with van der Waals surface area (Å²) in [6, 6.07) is 0. The van der Waals surface area contributed by atoms with Crippen molar-refractivity contribution in [3.05, 3.63) is 0 Å². The van der Waals surface area contributed by atoms with E-state index < -0.39 is 35.2 Å². The molecule has 0 bridgehead atoms. The first-order valence-corrected chi connectivity index (χ1v) is 12.5. The summed E-state index contributed by atoms with van der Waals surface area (Å²) in [7, 11) is 0. The Balaban J connectivity index is 0.000000291. The maximum atomic E-state index is 13.4. The van der Waals surface area contributed by atoms with E-state index in [-0.39, 0.29) is 59.4 Å². The molecule has 9 nitrogen and oxygen atoms in total. The van der Waals surface area contributed by atoms with Gasteiger partial charge >= 0.3 is 0 Å². The Morgan fingerprint density at radius 3 is 2.24 bits per heavy atom. The van der Waals surface area contributed by atoms with Gasteiger partial charge in [-0.15, -0.1) is 0 Å². The van der Waals surface area contributed by atoms with E-state index in [1.807, 2.05) is 6.92 Å². The summed E-state index contributed by atoms with van der Waals surface area (Å²) in [6.07, 6.45) is 5.77. The number of ketones is 2. The van der Waals surface area contributed by atoms with Gasteiger partial charge in [0, 0.05) is 30.6 Å². The van der Waals surface area contributed by atoms with Gasteiger partial charge in [0.05, 0.1) is 6.10 Å². The molecular weight excluding hydrogens is 442 g/mol. The number of hydrogen-bond acceptors (Lipinski definition) is 8. The average Bonchev–Trinajstić information content (AvgIpc) is 3.24. The number of aliphatic hydroxyl groups is 3. The Labute approximate surface area is 199 Å². The molecule has 8 atom stereocenters. The van der Waals surface area contributed by atoms with Crippen molar-refractivity contribution in [2.75, 3.05) is 6.61 Å². The van der Waals surface area contributed by atoms with Crippen molar-refractivity contribution in [1.82, 2.24) is 5.06 Å². The quantitative estimate of drug-likeness (QED) is 0.342. The van der Waals surface area contributed by atoms with Crippen molar-refractivity contribution < 1.29 is 39.7 Å². The minimum atomic E-state index is -1.58. The topological polar surface area (TPSA) is 152 Å². The van der Waals surface area contributed by atoms with E-state index in [2.05, 4.69) is 6.92 Å². The maximum absolute atomic E-state index is 13.4. The van der Waals surface area contributed by atoms with Crippen LogP contribution >= 0.6 is 0 Å². The molecule has 0 aromatic heterocycles. The molecule has 190 valence electrons. The fraction of sp³-hybridized carbons (Fsp3) is 0.840. The Morgan fingerprint density at radius 2 is 1.68 bits per heavy atom. The third kappa shape index (κ3) is 3.67. The molecule has 2 amide bonds. The summed E-state index contributed by atoms with van der Waals surface area (Å²) in [4.78, 5) is 46.2. The van der Waals surface area contributed by atoms with E-state index in [1.54, 1.807) is 0 Å². The molecule has 1 heterocycles. The fourth-order valence-electron chi connectivity index (χ4n) is 8.21. The Hall–Kier alpha value is -1.68. The van der Waals surface area contributed by atoms with Crippen molar-refractivity contribution in [3.63, 3.8) is 0 Å². The number of Topliss-reactive ketones (excluding diaryl/α,β-unsaturated/α-hetero) is 2. The monoisotopic (exact) mass is 479 g/mol. The van der Waals surface area contributed by atoms with E-state index in [1.165, 1.54) is 0 Å². The number of nitrogens with zero attached hydrogens (tertiary/aromatic N) is 1. The number of aliphatic hydroxyl groups excluding tert-OH is 2. The summed E-state index contributed by atoms with van der Waals surface area (Å²) in [6.45, 7) is 3.46. The van der Waals surface area contributed by atoms with Crippen LogP contribution in [0.1, 0.15) is 78.1 Å². The van der Waals surface area contributed by atoms with E-state index in [0.29, 0.717) is 12.3 Å². The van der Waals surface area contributed by atoms with Crippen molar-refractivity contribution in [1.29, 1.82) is 0 Å². The van der Waals surface area contributed by atoms with Gasteiger partial charge in [0.15, 0.2) is 5.78 Å². The fourth-order valence-corrected chi connectivity index (χ4v) is 8.21. The molecule has 0 aromatic rings. The van der Waals surface area contributed by atoms with Gasteiger partial charge in [-0.05, 0) is 68.1 Å². The van der Waals surface area contributed by atoms with E-state index in [4.69, 9.17) is 5.21 Å². The molecule has 0 unspecified atom stereocenters. The van der Waals surface area contributed by atoms with Crippen molar-refractivity contribution >= 4 is 23.4 Å². The zero-order valence-electron chi connectivity index (χ0n) is 20.0. The normalized spacial score (nSPS) is 45.8. The summed E-state index contributed by atoms with van der Waals surface area (Å²) >= 11 is 0. The van der Waals surface area contributed by atoms with Gasteiger partial charge in [0.25, 0.3) is 11.8 Å². The highest BCUT2D eigenvalue weighted by Gasteiger charge is 2.68. The summed E-state index contributed by atoms with van der Waals surface area (Å²) in [5.41, 5.74) is -2.40. The molecule has 4 aliphatic carbocycles. The second kappa shape index (κ2) is 8.76. The lowest BCUT2D eigenvalue weighted by Crippen LogP contribution is -2.62. The number of hydroxylamine groups is 2. The first-order chi connectivity index (χ1) is 15.9. The average molecular weight is 480 g/mol. The van der Waals surface area contributed by atoms with Crippen LogP contribution in [0.3, 0.4) is 0 Å². The van der Waals surface area contributed by atoms with E-state index in [9.17, 15) is 34.5 Å². The molecule has 0 aromatic carbocycles. The van der Waals surface area contributed by atoms with Crippen LogP contribution in [0, 0.1) is 34.5 Å². The molecule has 34 heavy (non-hydrogen) atoms. The van der Waals surface area contributed by atoms with Gasteiger partial charge in [0.1, 0.15) is 18.0 Å². The minimum absolute atomic E-state index is 0.0154. The smallest absolute Gasteiger partial charge is 0.253 e. The third-order valence-electron chi connectivity index (χ3n) is 10.1. The molecule has 9 heteroatoms. The van der Waals surface area contributed by atoms with E-state index >= 15 is 0 Å². The standard InChI is InChI=1S/C21H32O5.C4H5NO3/c1-19-7-5-13(23)9-12(19)3-4-14-15-6-8-21(26,17(25)11-22)20(15,2)10-16(24)18(14)19;6-3-1-2-4(7)5(3)8/h12-15,18,22-23,26H,3-11H2,1-2H3;8H,1-2H2/t12-,13-,14+,15+,18-,19+,20+,21+;/m1./s1. The predicted octanol–water partition coefficient (Wildman–Crippen LogP) is 1.39. The Kier molecular flexibility index (Phi) is 6.55. The number of carbonyl (C=O) groups excluding carboxylic acids is 4. The van der Waals surface area contributed by atoms with Gasteiger partial charge in [-0.2, -0.15) is 5.06 Å². The molecule has 0 radical (unpaired) electrons. The first-order valence-electron chi connectivity index (χ1n) is 12.5. The highest BCUT2D eigenvalue weighted by molar-refractivity contribution is 6.00. The number of amides is 2. The van der Waals surface area contributed by atoms with Crippen LogP contribution in [0.2, 0.25) is 0 Å². The van der Waals surface area contributed by atoms with Crippen LogP contribution in [0.4, 0.5) is 0 Å². The summed E-state index contributed by atoms with van der Waals surface area (Å²) in [5.74, 6) is -0.630. The molecule has 5 fully saturated rings. The Bertz CT molecular complexity index is 874. The zero-order valence-corrected chi connectivity index (χ0v) is 20.0. The van der Waals surface area contributed by atoms with Crippen molar-refractivity contribution in [3.8, 4) is 0 Å². The maximum Gasteiger partial charge on any atom is 0.253 e. The number of imide groups is 1. The lowest BCUT2D eigenvalue weighted by Gasteiger charge is -2.60. The largest absolute Gasteiger partial charge is 0.393 e. The van der Waals surface area contributed by atoms with Crippen LogP contribution in [0.15, 0.2) is 0 Å². The molecule has 0 spiro atoms. The van der Waals surface area contributed by atoms with Crippen LogP contribution < -0.4 is 0 Å². The van der Waals surface area contributed by atoms with Crippen molar-refractivity contribution in [2.24, 2.45) is 34.5 Å². The molecular formula is C25H37NO8. The summed E-state index contributed by atoms with van der Waals surface area (Å²) < 4.78 is 0. The molecule has 1 aliphatic heterocycles. The molecule has 1 saturated heterocycles. The number of fused-ring (bicyclic) bond motifs is 5. The number of hydrogen-bond donors (Lipinski definition) is 4. The third-order valence-corrected chi connectivity index (χ3v) is 10.1. The van der Waals surface area contributed by atoms with Crippen LogP contribution in [-0.4, -0.2) is 67.3 Å². The van der Waals surface area contributed by atoms with Gasteiger partial charge in [0.2, 0.25) is 0 Å². The SMILES string of the molecule is C[C@]12CC[C@@H](O)C[C@H]1CC[C@@H]1[C@@H]2C(=O)C[C@@]2(C)[C@H]1CC[C@]2(O)C(=O)CO.O=C1CCC(=O)N1O. The van der Waals surface area contributed by atoms with Gasteiger partial charge in [-0.25, -0.2) is 0 Å². The van der Waals surface area contributed by atoms with Crippen molar-refractivity contribution in [2.45, 2.75) is 89.8 Å². The van der Waals surface area contributed by atoms with E-state index in [0.717, 1.165) is 38.5 Å². The zero-order chi connectivity index (χ0) is 25.1. The number of carbonyl (C=O) groups is 4. The minimum Gasteiger partial charge on any atom is -0.393 e. The Morgan fingerprint density at radius 1 is 1.03 bits per heavy atom. The second-order valence-electron chi connectivity index (χ2n) is 11.6. The first kappa shape index (κ1) is 25.4. The summed E-state index contributed by atoms with van der Waals surface area (Å²) in [5, 5.41) is 39.2. The predicted molar refractivity (Wildman–Crippen MR) is 118 cm³/mol. The molecule has 4 N–H and O–H groups in total. The van der Waals surface area contributed by atoms with Gasteiger partial charge in [-0.1, -0.05) is 13.8 Å². The highest BCUT2D eigenvalue weighted by Crippen LogP contribution is 2.67. The lowest BCUT2D eigenvalue weighted by molar-refractivity contribution is -0.180. The van der Waals surface area contributed by atoms with Crippen LogP contribution in [0.25, 0.3) is 0 Å². The van der Waals surface area contributed by atoms with Crippen LogP contribution in [-0.2, 0) is 19.2 Å². The molecule has 5 rings (SSSR count). The lowest BCUT2D eigenvalue weighted by atomic mass is 9.44. The number of rotatable bonds is 2.